The SMILES string of the molecule is C#Cc1ccc(CNC(=O)[C@@H]2C[C@@H](O)CN2C(=O)[C@@H](NC(=O)C2CCC3(CC2)CC(N2CCC(N4CCC[C@@H](C(=O)N5CCN6c7cc(-c8ccccc8O)nnc7NC[C@H]6C5)C4)CC2)C3)C(C)(C)C)cc1. The van der Waals surface area contributed by atoms with E-state index in [9.17, 15) is 29.4 Å². The number of phenolic OH excluding ortho intramolecular Hbond substituents is 1. The number of fused-ring (bicyclic) bond motifs is 3. The third kappa shape index (κ3) is 10.4. The number of β-amino-alcohol motifs (C(OH)–C–C–N with tert-alkyl or cyclic N) is 1. The highest BCUT2D eigenvalue weighted by atomic mass is 16.3. The van der Waals surface area contributed by atoms with Crippen molar-refractivity contribution >= 4 is 35.1 Å². The van der Waals surface area contributed by atoms with E-state index in [-0.39, 0.29) is 66.3 Å². The van der Waals surface area contributed by atoms with E-state index in [0.717, 1.165) is 107 Å². The molecule has 0 radical (unpaired) electrons. The summed E-state index contributed by atoms with van der Waals surface area (Å²) in [7, 11) is 0. The summed E-state index contributed by atoms with van der Waals surface area (Å²) in [6, 6.07) is 16.1. The second kappa shape index (κ2) is 20.6. The summed E-state index contributed by atoms with van der Waals surface area (Å²) in [5, 5.41) is 39.5. The van der Waals surface area contributed by atoms with Crippen molar-refractivity contribution in [3.63, 3.8) is 0 Å². The number of aromatic hydroxyl groups is 1. The minimum absolute atomic E-state index is 0.0226. The molecule has 2 aromatic carbocycles. The molecule has 0 bridgehead atoms. The van der Waals surface area contributed by atoms with Crippen molar-refractivity contribution in [3.05, 3.63) is 65.7 Å². The molecule has 6 heterocycles. The van der Waals surface area contributed by atoms with E-state index in [1.807, 2.05) is 63.2 Å². The Labute approximate surface area is 424 Å². The molecule has 1 spiro atoms. The van der Waals surface area contributed by atoms with E-state index in [4.69, 9.17) is 6.42 Å². The van der Waals surface area contributed by atoms with Crippen molar-refractivity contribution in [1.82, 2.24) is 40.4 Å². The van der Waals surface area contributed by atoms with Crippen LogP contribution in [0, 0.1) is 35.0 Å². The van der Waals surface area contributed by atoms with Gasteiger partial charge in [-0.1, -0.05) is 51.0 Å². The number of rotatable bonds is 10. The van der Waals surface area contributed by atoms with E-state index < -0.39 is 23.6 Å². The molecular formula is C56H74N10O6. The topological polar surface area (TPSA) is 187 Å². The fraction of sp³-hybridized carbons (Fsp3) is 0.607. The number of carbonyl (C=O) groups is 4. The number of piperidine rings is 2. The number of aliphatic hydroxyl groups is 1. The number of aliphatic hydroxyl groups excluding tert-OH is 1. The third-order valence-corrected chi connectivity index (χ3v) is 17.5. The van der Waals surface area contributed by atoms with Crippen molar-refractivity contribution in [1.29, 1.82) is 0 Å². The first-order chi connectivity index (χ1) is 34.6. The number of hydrogen-bond donors (Lipinski definition) is 5. The van der Waals surface area contributed by atoms with Gasteiger partial charge < -0.3 is 45.8 Å². The average Bonchev–Trinajstić information content (AvgIpc) is 3.79. The summed E-state index contributed by atoms with van der Waals surface area (Å²) in [5.74, 6) is 2.88. The van der Waals surface area contributed by atoms with Crippen molar-refractivity contribution in [2.24, 2.45) is 22.7 Å². The van der Waals surface area contributed by atoms with E-state index in [0.29, 0.717) is 48.9 Å². The summed E-state index contributed by atoms with van der Waals surface area (Å²) in [6.07, 6.45) is 15.0. The van der Waals surface area contributed by atoms with Gasteiger partial charge in [-0.15, -0.1) is 16.6 Å². The summed E-state index contributed by atoms with van der Waals surface area (Å²) >= 11 is 0. The Morgan fingerprint density at radius 2 is 1.60 bits per heavy atom. The number of terminal acetylenes is 1. The number of piperazine rings is 1. The van der Waals surface area contributed by atoms with Crippen LogP contribution in [0.2, 0.25) is 0 Å². The third-order valence-electron chi connectivity index (χ3n) is 17.5. The summed E-state index contributed by atoms with van der Waals surface area (Å²) < 4.78 is 0. The van der Waals surface area contributed by atoms with Crippen molar-refractivity contribution in [2.75, 3.05) is 69.1 Å². The van der Waals surface area contributed by atoms with Crippen LogP contribution in [0.25, 0.3) is 11.3 Å². The van der Waals surface area contributed by atoms with Gasteiger partial charge in [0.15, 0.2) is 5.82 Å². The Kier molecular flexibility index (Phi) is 14.3. The minimum atomic E-state index is -0.843. The van der Waals surface area contributed by atoms with Crippen molar-refractivity contribution in [3.8, 4) is 29.4 Å². The standard InChI is InChI=1S/C56H74N10O6/c1-5-36-12-14-37(15-13-36)31-58-52(70)47-27-43(67)35-66(47)54(72)49(55(2,3)4)59-51(69)38-16-20-56(21-17-38)29-41(30-56)62-23-18-40(19-24-62)63-22-8-9-39(33-63)53(71)64-25-26-65-42(34-64)32-57-50-46(65)28-45(60-61-50)44-10-6-7-11-48(44)68/h1,6-7,10-15,28,38-43,47,49,67-68H,8-9,16-27,29-35H2,2-4H3,(H,57,61)(H,58,70)(H,59,69)/t38?,39-,41?,42+,43-,47+,49-,56?/m1/s1. The Balaban J connectivity index is 0.659. The lowest BCUT2D eigenvalue weighted by Gasteiger charge is -2.56. The van der Waals surface area contributed by atoms with Gasteiger partial charge in [0.1, 0.15) is 17.8 Å². The van der Waals surface area contributed by atoms with Gasteiger partial charge in [0, 0.05) is 81.4 Å². The van der Waals surface area contributed by atoms with E-state index >= 15 is 0 Å². The van der Waals surface area contributed by atoms with Crippen LogP contribution >= 0.6 is 0 Å². The monoisotopic (exact) mass is 983 g/mol. The molecule has 16 nitrogen and oxygen atoms in total. The molecule has 7 aliphatic rings. The van der Waals surface area contributed by atoms with Crippen LogP contribution in [0.5, 0.6) is 5.75 Å². The molecule has 5 aliphatic heterocycles. The van der Waals surface area contributed by atoms with Crippen LogP contribution in [-0.2, 0) is 25.7 Å². The molecule has 4 saturated heterocycles. The van der Waals surface area contributed by atoms with Crippen molar-refractivity contribution in [2.45, 2.75) is 134 Å². The first-order valence-electron chi connectivity index (χ1n) is 26.7. The fourth-order valence-corrected chi connectivity index (χ4v) is 13.2. The molecular weight excluding hydrogens is 909 g/mol. The number of carbonyl (C=O) groups excluding carboxylic acids is 4. The van der Waals surface area contributed by atoms with Gasteiger partial charge in [-0.05, 0) is 131 Å². The summed E-state index contributed by atoms with van der Waals surface area (Å²) in [6.45, 7) is 12.9. The molecule has 0 unspecified atom stereocenters. The highest BCUT2D eigenvalue weighted by molar-refractivity contribution is 5.93. The van der Waals surface area contributed by atoms with Gasteiger partial charge in [0.2, 0.25) is 23.6 Å². The van der Waals surface area contributed by atoms with Crippen LogP contribution in [-0.4, -0.2) is 159 Å². The molecule has 72 heavy (non-hydrogen) atoms. The highest BCUT2D eigenvalue weighted by Gasteiger charge is 2.51. The first-order valence-corrected chi connectivity index (χ1v) is 26.7. The fourth-order valence-electron chi connectivity index (χ4n) is 13.2. The normalized spacial score (nSPS) is 28.5. The largest absolute Gasteiger partial charge is 0.507 e. The van der Waals surface area contributed by atoms with Gasteiger partial charge in [-0.3, -0.25) is 24.1 Å². The molecule has 5 atom stereocenters. The number of anilines is 2. The zero-order valence-corrected chi connectivity index (χ0v) is 42.4. The molecule has 2 aliphatic carbocycles. The lowest BCUT2D eigenvalue weighted by atomic mass is 9.56. The molecule has 2 saturated carbocycles. The van der Waals surface area contributed by atoms with Crippen LogP contribution in [0.15, 0.2) is 54.6 Å². The molecule has 384 valence electrons. The van der Waals surface area contributed by atoms with Crippen LogP contribution in [0.4, 0.5) is 11.5 Å². The number of para-hydroxylation sites is 1. The number of aromatic nitrogens is 2. The maximum atomic E-state index is 14.3. The van der Waals surface area contributed by atoms with E-state index in [2.05, 4.69) is 51.7 Å². The predicted octanol–water partition coefficient (Wildman–Crippen LogP) is 4.60. The number of benzene rings is 2. The molecule has 3 aromatic rings. The maximum absolute atomic E-state index is 14.3. The smallest absolute Gasteiger partial charge is 0.246 e. The van der Waals surface area contributed by atoms with E-state index in [1.54, 1.807) is 12.1 Å². The number of hydrogen-bond acceptors (Lipinski definition) is 12. The molecule has 10 rings (SSSR count). The van der Waals surface area contributed by atoms with Gasteiger partial charge in [0.25, 0.3) is 0 Å². The number of phenols is 1. The van der Waals surface area contributed by atoms with Crippen LogP contribution < -0.4 is 20.9 Å². The summed E-state index contributed by atoms with van der Waals surface area (Å²) in [5.41, 5.74) is 3.53. The Morgan fingerprint density at radius 1 is 0.847 bits per heavy atom. The molecule has 1 aromatic heterocycles. The zero-order valence-electron chi connectivity index (χ0n) is 42.4. The number of likely N-dealkylation sites (tertiary alicyclic amines) is 3. The molecule has 4 amide bonds. The second-order valence-electron chi connectivity index (χ2n) is 23.2. The molecule has 16 heteroatoms. The van der Waals surface area contributed by atoms with Gasteiger partial charge in [-0.25, -0.2) is 0 Å². The number of nitrogens with zero attached hydrogens (tertiary/aromatic N) is 7. The predicted molar refractivity (Wildman–Crippen MR) is 275 cm³/mol. The molecule has 5 N–H and O–H groups in total. The Morgan fingerprint density at radius 3 is 2.32 bits per heavy atom. The Bertz CT molecular complexity index is 2520. The van der Waals surface area contributed by atoms with E-state index in [1.165, 1.54) is 17.7 Å². The maximum Gasteiger partial charge on any atom is 0.246 e. The van der Waals surface area contributed by atoms with Crippen LogP contribution in [0.1, 0.15) is 103 Å². The van der Waals surface area contributed by atoms with Gasteiger partial charge in [0.05, 0.1) is 29.4 Å². The summed E-state index contributed by atoms with van der Waals surface area (Å²) in [4.78, 5) is 67.1. The first kappa shape index (κ1) is 49.8. The molecule has 6 fully saturated rings. The van der Waals surface area contributed by atoms with Crippen LogP contribution in [0.3, 0.4) is 0 Å². The number of nitrogens with one attached hydrogen (secondary N) is 3. The zero-order chi connectivity index (χ0) is 50.3. The highest BCUT2D eigenvalue weighted by Crippen LogP contribution is 2.55. The quantitative estimate of drug-likeness (QED) is 0.178. The second-order valence-corrected chi connectivity index (χ2v) is 23.2. The Hall–Kier alpha value is -5.76. The average molecular weight is 983 g/mol. The lowest BCUT2D eigenvalue weighted by molar-refractivity contribution is -0.145. The van der Waals surface area contributed by atoms with Gasteiger partial charge in [-0.2, -0.15) is 0 Å². The lowest BCUT2D eigenvalue weighted by Crippen LogP contribution is -2.61. The minimum Gasteiger partial charge on any atom is -0.507 e. The van der Waals surface area contributed by atoms with Gasteiger partial charge >= 0.3 is 0 Å². The van der Waals surface area contributed by atoms with Crippen molar-refractivity contribution < 1.29 is 29.4 Å². The number of amides is 4.